The maximum absolute atomic E-state index is 12.4. The van der Waals surface area contributed by atoms with Crippen LogP contribution in [0.25, 0.3) is 10.9 Å². The van der Waals surface area contributed by atoms with E-state index in [1.165, 1.54) is 17.4 Å². The third-order valence-corrected chi connectivity index (χ3v) is 7.96. The fraction of sp³-hybridized carbons (Fsp3) is 0.316. The maximum atomic E-state index is 12.4. The molecule has 0 saturated carbocycles. The molecule has 1 aliphatic heterocycles. The summed E-state index contributed by atoms with van der Waals surface area (Å²) >= 11 is 1.20. The molecule has 2 aromatic heterocycles. The average Bonchev–Trinajstić information content (AvgIpc) is 3.23. The molecule has 0 atom stereocenters. The Morgan fingerprint density at radius 3 is 2.66 bits per heavy atom. The van der Waals surface area contributed by atoms with Gasteiger partial charge >= 0.3 is 0 Å². The van der Waals surface area contributed by atoms with Crippen LogP contribution in [0.4, 0.5) is 11.4 Å². The second kappa shape index (κ2) is 7.69. The Hall–Kier alpha value is -2.56. The van der Waals surface area contributed by atoms with Gasteiger partial charge in [-0.3, -0.25) is 10.1 Å². The van der Waals surface area contributed by atoms with Gasteiger partial charge in [0.2, 0.25) is 10.0 Å². The molecule has 0 radical (unpaired) electrons. The molecule has 1 aromatic carbocycles. The molecule has 0 unspecified atom stereocenters. The van der Waals surface area contributed by atoms with E-state index in [0.29, 0.717) is 41.4 Å². The number of non-ortho nitro benzene ring substituents is 1. The van der Waals surface area contributed by atoms with E-state index in [-0.39, 0.29) is 11.7 Å². The number of piperidine rings is 1. The standard InChI is InChI=1S/C19H20N4O4S2/c1-13-12-17(15-4-2-5-16(23(24)25)19(15)20-13)22-9-7-14(8-10-22)21-29(26,27)18-6-3-11-28-18/h2-6,11-12,14,21H,7-10H2,1H3. The Balaban J connectivity index is 1.55. The molecular weight excluding hydrogens is 412 g/mol. The maximum Gasteiger partial charge on any atom is 0.295 e. The molecule has 1 saturated heterocycles. The van der Waals surface area contributed by atoms with Gasteiger partial charge in [0.05, 0.1) is 4.92 Å². The molecule has 8 nitrogen and oxygen atoms in total. The Morgan fingerprint density at radius 2 is 2.00 bits per heavy atom. The first kappa shape index (κ1) is 19.7. The summed E-state index contributed by atoms with van der Waals surface area (Å²) in [5.41, 5.74) is 1.98. The first-order chi connectivity index (χ1) is 13.8. The number of aryl methyl sites for hydroxylation is 1. The van der Waals surface area contributed by atoms with E-state index in [2.05, 4.69) is 14.6 Å². The predicted molar refractivity (Wildman–Crippen MR) is 113 cm³/mol. The lowest BCUT2D eigenvalue weighted by atomic mass is 10.0. The number of benzene rings is 1. The van der Waals surface area contributed by atoms with Crippen LogP contribution in [0.2, 0.25) is 0 Å². The number of hydrogen-bond donors (Lipinski definition) is 1. The molecular formula is C19H20N4O4S2. The van der Waals surface area contributed by atoms with Crippen molar-refractivity contribution in [2.24, 2.45) is 0 Å². The van der Waals surface area contributed by atoms with E-state index in [4.69, 9.17) is 0 Å². The molecule has 0 spiro atoms. The molecule has 10 heteroatoms. The molecule has 1 fully saturated rings. The number of nitro benzene ring substituents is 1. The van der Waals surface area contributed by atoms with Crippen molar-refractivity contribution in [3.8, 4) is 0 Å². The van der Waals surface area contributed by atoms with Gasteiger partial charge in [-0.05, 0) is 37.3 Å². The van der Waals surface area contributed by atoms with Crippen LogP contribution in [0.15, 0.2) is 46.0 Å². The van der Waals surface area contributed by atoms with E-state index in [1.807, 2.05) is 19.1 Å². The number of fused-ring (bicyclic) bond motifs is 1. The Kier molecular flexibility index (Phi) is 5.24. The van der Waals surface area contributed by atoms with E-state index in [0.717, 1.165) is 11.1 Å². The van der Waals surface area contributed by atoms with Crippen molar-refractivity contribution in [1.82, 2.24) is 9.71 Å². The zero-order valence-electron chi connectivity index (χ0n) is 15.7. The van der Waals surface area contributed by atoms with E-state index < -0.39 is 14.9 Å². The summed E-state index contributed by atoms with van der Waals surface area (Å²) in [4.78, 5) is 17.5. The lowest BCUT2D eigenvalue weighted by Crippen LogP contribution is -2.44. The Morgan fingerprint density at radius 1 is 1.24 bits per heavy atom. The Bertz CT molecular complexity index is 1150. The molecule has 3 heterocycles. The van der Waals surface area contributed by atoms with E-state index in [1.54, 1.807) is 23.6 Å². The number of aromatic nitrogens is 1. The number of thiophene rings is 1. The number of hydrogen-bond acceptors (Lipinski definition) is 7. The van der Waals surface area contributed by atoms with Crippen LogP contribution in [0.3, 0.4) is 0 Å². The third kappa shape index (κ3) is 3.96. The molecule has 1 aliphatic rings. The van der Waals surface area contributed by atoms with Gasteiger partial charge in [-0.15, -0.1) is 11.3 Å². The third-order valence-electron chi connectivity index (χ3n) is 5.04. The molecule has 29 heavy (non-hydrogen) atoms. The van der Waals surface area contributed by atoms with Gasteiger partial charge in [0.25, 0.3) is 5.69 Å². The number of nitrogens with zero attached hydrogens (tertiary/aromatic N) is 3. The van der Waals surface area contributed by atoms with Crippen molar-refractivity contribution >= 4 is 43.6 Å². The van der Waals surface area contributed by atoms with Gasteiger partial charge in [0, 0.05) is 42.0 Å². The van der Waals surface area contributed by atoms with Crippen LogP contribution in [-0.4, -0.2) is 37.5 Å². The molecule has 1 N–H and O–H groups in total. The zero-order chi connectivity index (χ0) is 20.6. The van der Waals surface area contributed by atoms with Crippen molar-refractivity contribution in [3.63, 3.8) is 0 Å². The smallest absolute Gasteiger partial charge is 0.295 e. The summed E-state index contributed by atoms with van der Waals surface area (Å²) in [6, 6.07) is 10.1. The van der Waals surface area contributed by atoms with Crippen LogP contribution in [0.5, 0.6) is 0 Å². The summed E-state index contributed by atoms with van der Waals surface area (Å²) in [6.45, 7) is 3.12. The normalized spacial score (nSPS) is 15.7. The van der Waals surface area contributed by atoms with Gasteiger partial charge in [-0.2, -0.15) is 0 Å². The summed E-state index contributed by atoms with van der Waals surface area (Å²) in [7, 11) is -3.49. The van der Waals surface area contributed by atoms with E-state index in [9.17, 15) is 18.5 Å². The number of nitro groups is 1. The quantitative estimate of drug-likeness (QED) is 0.489. The lowest BCUT2D eigenvalue weighted by Gasteiger charge is -2.34. The number of sulfonamides is 1. The van der Waals surface area contributed by atoms with Crippen LogP contribution in [0.1, 0.15) is 18.5 Å². The predicted octanol–water partition coefficient (Wildman–Crippen LogP) is 3.46. The highest BCUT2D eigenvalue weighted by Gasteiger charge is 2.27. The number of para-hydroxylation sites is 1. The number of pyridine rings is 1. The van der Waals surface area contributed by atoms with Gasteiger partial charge in [0.15, 0.2) is 5.52 Å². The summed E-state index contributed by atoms with van der Waals surface area (Å²) in [5, 5.41) is 13.9. The minimum absolute atomic E-state index is 0.00829. The largest absolute Gasteiger partial charge is 0.371 e. The lowest BCUT2D eigenvalue weighted by molar-refractivity contribution is -0.383. The Labute approximate surface area is 172 Å². The molecule has 4 rings (SSSR count). The zero-order valence-corrected chi connectivity index (χ0v) is 17.4. The molecule has 0 bridgehead atoms. The second-order valence-corrected chi connectivity index (χ2v) is 9.92. The number of anilines is 1. The van der Waals surface area contributed by atoms with Crippen LogP contribution >= 0.6 is 11.3 Å². The molecule has 0 aliphatic carbocycles. The summed E-state index contributed by atoms with van der Waals surface area (Å²) in [6.07, 6.45) is 1.31. The first-order valence-corrected chi connectivity index (χ1v) is 11.6. The minimum atomic E-state index is -3.49. The monoisotopic (exact) mass is 432 g/mol. The van der Waals surface area contributed by atoms with Crippen LogP contribution in [0, 0.1) is 17.0 Å². The summed E-state index contributed by atoms with van der Waals surface area (Å²) < 4.78 is 28.0. The number of rotatable bonds is 5. The first-order valence-electron chi connectivity index (χ1n) is 9.21. The van der Waals surface area contributed by atoms with Gasteiger partial charge in [0.1, 0.15) is 4.21 Å². The second-order valence-electron chi connectivity index (χ2n) is 7.03. The molecule has 3 aromatic rings. The topological polar surface area (TPSA) is 105 Å². The molecule has 152 valence electrons. The van der Waals surface area contributed by atoms with Crippen molar-refractivity contribution in [3.05, 3.63) is 57.6 Å². The van der Waals surface area contributed by atoms with Crippen molar-refractivity contribution in [2.45, 2.75) is 30.0 Å². The average molecular weight is 433 g/mol. The highest BCUT2D eigenvalue weighted by Crippen LogP contribution is 2.33. The highest BCUT2D eigenvalue weighted by molar-refractivity contribution is 7.91. The minimum Gasteiger partial charge on any atom is -0.371 e. The SMILES string of the molecule is Cc1cc(N2CCC(NS(=O)(=O)c3cccs3)CC2)c2cccc([N+](=O)[O-])c2n1. The van der Waals surface area contributed by atoms with Crippen LogP contribution in [-0.2, 0) is 10.0 Å². The van der Waals surface area contributed by atoms with E-state index >= 15 is 0 Å². The van der Waals surface area contributed by atoms with Gasteiger partial charge < -0.3 is 4.90 Å². The van der Waals surface area contributed by atoms with Gasteiger partial charge in [-0.1, -0.05) is 18.2 Å². The fourth-order valence-corrected chi connectivity index (χ4v) is 6.00. The van der Waals surface area contributed by atoms with Crippen molar-refractivity contribution in [2.75, 3.05) is 18.0 Å². The number of nitrogens with one attached hydrogen (secondary N) is 1. The van der Waals surface area contributed by atoms with Crippen molar-refractivity contribution in [1.29, 1.82) is 0 Å². The molecule has 0 amide bonds. The van der Waals surface area contributed by atoms with Crippen LogP contribution < -0.4 is 9.62 Å². The summed E-state index contributed by atoms with van der Waals surface area (Å²) in [5.74, 6) is 0. The van der Waals surface area contributed by atoms with Crippen molar-refractivity contribution < 1.29 is 13.3 Å². The fourth-order valence-electron chi connectivity index (χ4n) is 3.68. The van der Waals surface area contributed by atoms with Gasteiger partial charge in [-0.25, -0.2) is 18.1 Å². The highest BCUT2D eigenvalue weighted by atomic mass is 32.2.